The van der Waals surface area contributed by atoms with Crippen LogP contribution in [0.5, 0.6) is 0 Å². The normalized spacial score (nSPS) is 10.9. The van der Waals surface area contributed by atoms with Gasteiger partial charge in [0.1, 0.15) is 18.8 Å². The summed E-state index contributed by atoms with van der Waals surface area (Å²) in [4.78, 5) is 49.0. The number of hydrogen-bond donors (Lipinski definition) is 4. The van der Waals surface area contributed by atoms with E-state index in [1.165, 1.54) is 0 Å². The van der Waals surface area contributed by atoms with Gasteiger partial charge in [0.25, 0.3) is 0 Å². The number of nitrogens with zero attached hydrogens (tertiary/aromatic N) is 1. The topological polar surface area (TPSA) is 147 Å². The van der Waals surface area contributed by atoms with Gasteiger partial charge in [-0.05, 0) is 33.6 Å². The van der Waals surface area contributed by atoms with Crippen molar-refractivity contribution in [3.63, 3.8) is 0 Å². The molecule has 0 aromatic carbocycles. The molecule has 0 unspecified atom stereocenters. The van der Waals surface area contributed by atoms with Crippen LogP contribution in [0.1, 0.15) is 60.3 Å². The van der Waals surface area contributed by atoms with Crippen molar-refractivity contribution in [2.75, 3.05) is 59.0 Å². The maximum absolute atomic E-state index is 12.0. The first-order valence-electron chi connectivity index (χ1n) is 12.3. The van der Waals surface area contributed by atoms with Gasteiger partial charge < -0.3 is 35.5 Å². The smallest absolute Gasteiger partial charge is 0.408 e. The quantitative estimate of drug-likeness (QED) is 0.174. The summed E-state index contributed by atoms with van der Waals surface area (Å²) in [7, 11) is 0. The number of nitrogens with one attached hydrogen (secondary N) is 4. The average molecular weight is 504 g/mol. The molecule has 0 spiro atoms. The summed E-state index contributed by atoms with van der Waals surface area (Å²) in [5.74, 6) is -0.367. The van der Waals surface area contributed by atoms with Crippen molar-refractivity contribution in [2.45, 2.75) is 65.9 Å². The van der Waals surface area contributed by atoms with E-state index in [1.807, 2.05) is 18.7 Å². The van der Waals surface area contributed by atoms with Crippen molar-refractivity contribution < 1.29 is 33.4 Å². The predicted octanol–water partition coefficient (Wildman–Crippen LogP) is 1.98. The molecule has 0 bridgehead atoms. The molecule has 0 aromatic rings. The highest BCUT2D eigenvalue weighted by atomic mass is 16.6. The van der Waals surface area contributed by atoms with E-state index in [2.05, 4.69) is 21.3 Å². The Kier molecular flexibility index (Phi) is 18.0. The van der Waals surface area contributed by atoms with Gasteiger partial charge in [0.15, 0.2) is 0 Å². The standard InChI is InChI=1S/C23H45N5O7/c1-6-8-10-25-20(30)33-16-14-28(15-17-34-21(31)26-11-9-7-2)13-12-24-19(29)18-27-22(32)35-23(3,4)5/h6-18H2,1-5H3,(H,24,29)(H,25,30)(H,26,31)(H,27,32). The zero-order valence-electron chi connectivity index (χ0n) is 22.0. The molecule has 0 fully saturated rings. The van der Waals surface area contributed by atoms with Crippen LogP contribution >= 0.6 is 0 Å². The van der Waals surface area contributed by atoms with Crippen LogP contribution in [0, 0.1) is 0 Å². The molecular weight excluding hydrogens is 458 g/mol. The number of carbonyl (C=O) groups excluding carboxylic acids is 4. The Morgan fingerprint density at radius 2 is 1.20 bits per heavy atom. The molecule has 12 heteroatoms. The van der Waals surface area contributed by atoms with Crippen molar-refractivity contribution in [3.05, 3.63) is 0 Å². The van der Waals surface area contributed by atoms with Gasteiger partial charge in [-0.15, -0.1) is 0 Å². The lowest BCUT2D eigenvalue weighted by Gasteiger charge is -2.22. The van der Waals surface area contributed by atoms with E-state index in [-0.39, 0.29) is 25.7 Å². The number of unbranched alkanes of at least 4 members (excludes halogenated alkanes) is 2. The van der Waals surface area contributed by atoms with Crippen LogP contribution < -0.4 is 21.3 Å². The van der Waals surface area contributed by atoms with Gasteiger partial charge in [0, 0.05) is 39.3 Å². The maximum atomic E-state index is 12.0. The van der Waals surface area contributed by atoms with E-state index in [0.717, 1.165) is 25.7 Å². The third-order valence-electron chi connectivity index (χ3n) is 4.42. The largest absolute Gasteiger partial charge is 0.448 e. The Morgan fingerprint density at radius 1 is 0.686 bits per heavy atom. The Morgan fingerprint density at radius 3 is 1.66 bits per heavy atom. The zero-order chi connectivity index (χ0) is 26.5. The van der Waals surface area contributed by atoms with Crippen LogP contribution in [0.25, 0.3) is 0 Å². The average Bonchev–Trinajstić information content (AvgIpc) is 2.76. The van der Waals surface area contributed by atoms with E-state index in [9.17, 15) is 19.2 Å². The molecule has 0 atom stereocenters. The summed E-state index contributed by atoms with van der Waals surface area (Å²) in [6.45, 7) is 12.0. The monoisotopic (exact) mass is 503 g/mol. The van der Waals surface area contributed by atoms with E-state index in [1.54, 1.807) is 20.8 Å². The lowest BCUT2D eigenvalue weighted by Crippen LogP contribution is -2.43. The maximum Gasteiger partial charge on any atom is 0.408 e. The molecule has 35 heavy (non-hydrogen) atoms. The Bertz CT molecular complexity index is 598. The minimum absolute atomic E-state index is 0.148. The summed E-state index contributed by atoms with van der Waals surface area (Å²) >= 11 is 0. The van der Waals surface area contributed by atoms with Gasteiger partial charge in [-0.2, -0.15) is 0 Å². The molecule has 0 aliphatic heterocycles. The summed E-state index contributed by atoms with van der Waals surface area (Å²) in [6, 6.07) is 0. The molecule has 0 aliphatic carbocycles. The number of amides is 4. The Labute approximate surface area is 209 Å². The first-order valence-corrected chi connectivity index (χ1v) is 12.3. The summed E-state index contributed by atoms with van der Waals surface area (Å²) in [5.41, 5.74) is -0.648. The molecule has 0 radical (unpaired) electrons. The van der Waals surface area contributed by atoms with Crippen LogP contribution in [0.3, 0.4) is 0 Å². The van der Waals surface area contributed by atoms with Crippen molar-refractivity contribution in [2.24, 2.45) is 0 Å². The number of carbonyl (C=O) groups is 4. The van der Waals surface area contributed by atoms with Crippen LogP contribution in [-0.4, -0.2) is 93.7 Å². The van der Waals surface area contributed by atoms with Crippen molar-refractivity contribution in [1.82, 2.24) is 26.2 Å². The first kappa shape index (κ1) is 32.2. The van der Waals surface area contributed by atoms with Crippen LogP contribution in [-0.2, 0) is 19.0 Å². The fraction of sp³-hybridized carbons (Fsp3) is 0.826. The van der Waals surface area contributed by atoms with Gasteiger partial charge in [-0.1, -0.05) is 26.7 Å². The third-order valence-corrected chi connectivity index (χ3v) is 4.42. The zero-order valence-corrected chi connectivity index (χ0v) is 22.0. The lowest BCUT2D eigenvalue weighted by molar-refractivity contribution is -0.120. The molecule has 0 heterocycles. The second-order valence-corrected chi connectivity index (χ2v) is 8.88. The van der Waals surface area contributed by atoms with E-state index in [0.29, 0.717) is 39.3 Å². The third kappa shape index (κ3) is 21.5. The Hall–Kier alpha value is -2.76. The molecular formula is C23H45N5O7. The predicted molar refractivity (Wildman–Crippen MR) is 132 cm³/mol. The molecule has 0 aliphatic rings. The lowest BCUT2D eigenvalue weighted by atomic mass is 10.2. The van der Waals surface area contributed by atoms with Crippen LogP contribution in [0.4, 0.5) is 14.4 Å². The highest BCUT2D eigenvalue weighted by Crippen LogP contribution is 2.06. The summed E-state index contributed by atoms with van der Waals surface area (Å²) in [5, 5.41) is 10.5. The van der Waals surface area contributed by atoms with Gasteiger partial charge in [0.05, 0.1) is 6.54 Å². The number of hydrogen-bond acceptors (Lipinski definition) is 8. The second kappa shape index (κ2) is 19.5. The fourth-order valence-corrected chi connectivity index (χ4v) is 2.59. The molecule has 4 N–H and O–H groups in total. The minimum atomic E-state index is -0.669. The van der Waals surface area contributed by atoms with E-state index < -0.39 is 23.9 Å². The highest BCUT2D eigenvalue weighted by Gasteiger charge is 2.16. The van der Waals surface area contributed by atoms with Gasteiger partial charge >= 0.3 is 18.3 Å². The molecule has 4 amide bonds. The first-order chi connectivity index (χ1) is 16.6. The van der Waals surface area contributed by atoms with Crippen LogP contribution in [0.15, 0.2) is 0 Å². The highest BCUT2D eigenvalue weighted by molar-refractivity contribution is 5.82. The van der Waals surface area contributed by atoms with Crippen molar-refractivity contribution >= 4 is 24.2 Å². The Balaban J connectivity index is 4.41. The molecule has 0 rings (SSSR count). The van der Waals surface area contributed by atoms with Gasteiger partial charge in [-0.25, -0.2) is 14.4 Å². The number of rotatable bonds is 17. The molecule has 0 saturated heterocycles. The summed E-state index contributed by atoms with van der Waals surface area (Å²) < 4.78 is 15.5. The SMILES string of the molecule is CCCCNC(=O)OCCN(CCNC(=O)CNC(=O)OC(C)(C)C)CCOC(=O)NCCCC. The number of ether oxygens (including phenoxy) is 3. The van der Waals surface area contributed by atoms with Gasteiger partial charge in [-0.3, -0.25) is 9.69 Å². The van der Waals surface area contributed by atoms with Crippen LogP contribution in [0.2, 0.25) is 0 Å². The molecule has 0 aromatic heterocycles. The van der Waals surface area contributed by atoms with Crippen molar-refractivity contribution in [1.29, 1.82) is 0 Å². The molecule has 204 valence electrons. The van der Waals surface area contributed by atoms with E-state index >= 15 is 0 Å². The minimum Gasteiger partial charge on any atom is -0.448 e. The molecule has 0 saturated carbocycles. The molecule has 12 nitrogen and oxygen atoms in total. The van der Waals surface area contributed by atoms with Crippen molar-refractivity contribution in [3.8, 4) is 0 Å². The fourth-order valence-electron chi connectivity index (χ4n) is 2.59. The number of alkyl carbamates (subject to hydrolysis) is 3. The van der Waals surface area contributed by atoms with E-state index in [4.69, 9.17) is 14.2 Å². The van der Waals surface area contributed by atoms with Gasteiger partial charge in [0.2, 0.25) is 5.91 Å². The summed E-state index contributed by atoms with van der Waals surface area (Å²) in [6.07, 6.45) is 2.07. The second-order valence-electron chi connectivity index (χ2n) is 8.88.